The van der Waals surface area contributed by atoms with Crippen molar-refractivity contribution < 1.29 is 9.59 Å². The fraction of sp³-hybridized carbons (Fsp3) is 0.545. The van der Waals surface area contributed by atoms with Gasteiger partial charge in [0.1, 0.15) is 5.69 Å². The molecule has 106 valence electrons. The molecule has 0 radical (unpaired) electrons. The molecule has 4 N–H and O–H groups in total. The van der Waals surface area contributed by atoms with Gasteiger partial charge in [0.25, 0.3) is 5.91 Å². The third-order valence-corrected chi connectivity index (χ3v) is 3.74. The van der Waals surface area contributed by atoms with E-state index in [0.29, 0.717) is 11.2 Å². The molecule has 1 aromatic heterocycles. The van der Waals surface area contributed by atoms with Crippen molar-refractivity contribution in [2.24, 2.45) is 11.7 Å². The molecule has 0 aromatic carbocycles. The number of rotatable bonds is 3. The van der Waals surface area contributed by atoms with E-state index in [1.165, 1.54) is 11.3 Å². The lowest BCUT2D eigenvalue weighted by molar-refractivity contribution is -0.120. The molecule has 2 heterocycles. The van der Waals surface area contributed by atoms with Crippen LogP contribution in [-0.2, 0) is 4.79 Å². The Labute approximate surface area is 121 Å². The number of nitrogens with zero attached hydrogens (tertiary/aromatic N) is 1. The van der Waals surface area contributed by atoms with Crippen molar-refractivity contribution in [2.45, 2.75) is 25.8 Å². The first kappa shape index (κ1) is 15.9. The molecule has 8 heteroatoms. The van der Waals surface area contributed by atoms with Crippen LogP contribution in [0, 0.1) is 5.92 Å². The highest BCUT2D eigenvalue weighted by atomic mass is 35.5. The number of nitrogens with one attached hydrogen (secondary N) is 2. The minimum absolute atomic E-state index is 0. The van der Waals surface area contributed by atoms with Gasteiger partial charge in [0.15, 0.2) is 5.13 Å². The number of piperidine rings is 1. The second-order valence-electron chi connectivity index (χ2n) is 4.47. The quantitative estimate of drug-likeness (QED) is 0.776. The van der Waals surface area contributed by atoms with Crippen LogP contribution in [0.3, 0.4) is 0 Å². The van der Waals surface area contributed by atoms with Crippen LogP contribution >= 0.6 is 23.7 Å². The Hall–Kier alpha value is -1.18. The molecule has 0 spiro atoms. The predicted molar refractivity (Wildman–Crippen MR) is 76.7 cm³/mol. The van der Waals surface area contributed by atoms with Crippen molar-refractivity contribution in [1.82, 2.24) is 10.3 Å². The van der Waals surface area contributed by atoms with E-state index in [2.05, 4.69) is 22.5 Å². The first-order valence-electron chi connectivity index (χ1n) is 5.86. The number of anilines is 1. The lowest BCUT2D eigenvalue weighted by Gasteiger charge is -2.26. The first-order valence-corrected chi connectivity index (χ1v) is 6.74. The van der Waals surface area contributed by atoms with Crippen molar-refractivity contribution in [2.75, 3.05) is 11.9 Å². The van der Waals surface area contributed by atoms with Crippen LogP contribution in [-0.4, -0.2) is 29.4 Å². The average molecular weight is 305 g/mol. The summed E-state index contributed by atoms with van der Waals surface area (Å²) in [6.45, 7) is 2.91. The Morgan fingerprint density at radius 3 is 2.89 bits per heavy atom. The van der Waals surface area contributed by atoms with Crippen molar-refractivity contribution in [3.8, 4) is 0 Å². The summed E-state index contributed by atoms with van der Waals surface area (Å²) in [5, 5.41) is 8.01. The third-order valence-electron chi connectivity index (χ3n) is 2.98. The summed E-state index contributed by atoms with van der Waals surface area (Å²) in [6.07, 6.45) is 1.64. The number of hydrogen-bond acceptors (Lipinski definition) is 5. The molecule has 0 saturated carbocycles. The Balaban J connectivity index is 0.00000180. The third kappa shape index (κ3) is 4.15. The predicted octanol–water partition coefficient (Wildman–Crippen LogP) is 0.990. The maximum atomic E-state index is 12.0. The average Bonchev–Trinajstić information content (AvgIpc) is 2.77. The van der Waals surface area contributed by atoms with Crippen molar-refractivity contribution in [3.05, 3.63) is 11.1 Å². The Morgan fingerprint density at radius 2 is 2.32 bits per heavy atom. The monoisotopic (exact) mass is 304 g/mol. The van der Waals surface area contributed by atoms with Gasteiger partial charge in [0.05, 0.1) is 0 Å². The van der Waals surface area contributed by atoms with Gasteiger partial charge in [-0.25, -0.2) is 4.98 Å². The molecule has 0 aliphatic carbocycles. The van der Waals surface area contributed by atoms with Gasteiger partial charge in [-0.15, -0.1) is 23.7 Å². The number of primary amides is 1. The number of carbonyl (C=O) groups excluding carboxylic acids is 2. The maximum absolute atomic E-state index is 12.0. The zero-order valence-corrected chi connectivity index (χ0v) is 12.1. The zero-order chi connectivity index (χ0) is 13.1. The van der Waals surface area contributed by atoms with E-state index < -0.39 is 5.91 Å². The van der Waals surface area contributed by atoms with Crippen LogP contribution < -0.4 is 16.4 Å². The van der Waals surface area contributed by atoms with E-state index in [9.17, 15) is 9.59 Å². The number of hydrogen-bond donors (Lipinski definition) is 3. The van der Waals surface area contributed by atoms with E-state index in [-0.39, 0.29) is 29.9 Å². The number of halogens is 1. The molecular formula is C11H17ClN4O2S. The van der Waals surface area contributed by atoms with Crippen LogP contribution in [0.4, 0.5) is 5.13 Å². The summed E-state index contributed by atoms with van der Waals surface area (Å²) >= 11 is 1.21. The number of aromatic nitrogens is 1. The largest absolute Gasteiger partial charge is 0.364 e. The molecule has 1 aromatic rings. The molecule has 19 heavy (non-hydrogen) atoms. The fourth-order valence-electron chi connectivity index (χ4n) is 2.02. The highest BCUT2D eigenvalue weighted by Gasteiger charge is 2.25. The molecule has 0 bridgehead atoms. The van der Waals surface area contributed by atoms with E-state index in [1.54, 1.807) is 5.38 Å². The van der Waals surface area contributed by atoms with Gasteiger partial charge in [0.2, 0.25) is 5.91 Å². The van der Waals surface area contributed by atoms with Crippen LogP contribution in [0.15, 0.2) is 5.38 Å². The number of amides is 2. The van der Waals surface area contributed by atoms with Crippen molar-refractivity contribution >= 4 is 40.7 Å². The number of carbonyl (C=O) groups is 2. The lowest BCUT2D eigenvalue weighted by atomic mass is 9.93. The molecule has 2 amide bonds. The van der Waals surface area contributed by atoms with Gasteiger partial charge in [0, 0.05) is 17.3 Å². The van der Waals surface area contributed by atoms with E-state index >= 15 is 0 Å². The highest BCUT2D eigenvalue weighted by molar-refractivity contribution is 7.14. The van der Waals surface area contributed by atoms with Crippen molar-refractivity contribution in [3.63, 3.8) is 0 Å². The molecule has 2 atom stereocenters. The van der Waals surface area contributed by atoms with Gasteiger partial charge in [-0.3, -0.25) is 9.59 Å². The second-order valence-corrected chi connectivity index (χ2v) is 5.33. The standard InChI is InChI=1S/C11H16N4O2S.ClH/c1-6-4-7(2-3-13-6)10(17)15-11-14-8(5-18-11)9(12)16;/h5-7,13H,2-4H2,1H3,(H2,12,16)(H,14,15,17);1H/t6-,7-;/m0./s1. The summed E-state index contributed by atoms with van der Waals surface area (Å²) in [5.41, 5.74) is 5.29. The first-order chi connectivity index (χ1) is 8.56. The minimum Gasteiger partial charge on any atom is -0.364 e. The van der Waals surface area contributed by atoms with Crippen molar-refractivity contribution in [1.29, 1.82) is 0 Å². The Kier molecular flexibility index (Phi) is 5.71. The van der Waals surface area contributed by atoms with Crippen LogP contribution in [0.2, 0.25) is 0 Å². The Morgan fingerprint density at radius 1 is 1.58 bits per heavy atom. The molecule has 0 unspecified atom stereocenters. The number of thiazole rings is 1. The molecule has 1 aliphatic heterocycles. The van der Waals surface area contributed by atoms with Crippen LogP contribution in [0.5, 0.6) is 0 Å². The summed E-state index contributed by atoms with van der Waals surface area (Å²) in [6, 6.07) is 0.354. The maximum Gasteiger partial charge on any atom is 0.268 e. The van der Waals surface area contributed by atoms with E-state index in [1.807, 2.05) is 0 Å². The molecular weight excluding hydrogens is 288 g/mol. The van der Waals surface area contributed by atoms with E-state index in [4.69, 9.17) is 5.73 Å². The van der Waals surface area contributed by atoms with Gasteiger partial charge in [-0.05, 0) is 26.3 Å². The molecule has 1 fully saturated rings. The number of nitrogens with two attached hydrogens (primary N) is 1. The van der Waals surface area contributed by atoms with Gasteiger partial charge in [-0.1, -0.05) is 0 Å². The summed E-state index contributed by atoms with van der Waals surface area (Å²) in [7, 11) is 0. The van der Waals surface area contributed by atoms with Crippen LogP contribution in [0.1, 0.15) is 30.3 Å². The molecule has 1 saturated heterocycles. The summed E-state index contributed by atoms with van der Waals surface area (Å²) in [5.74, 6) is -0.613. The second kappa shape index (κ2) is 6.83. The topological polar surface area (TPSA) is 97.1 Å². The summed E-state index contributed by atoms with van der Waals surface area (Å²) < 4.78 is 0. The Bertz CT molecular complexity index is 465. The van der Waals surface area contributed by atoms with Gasteiger partial charge < -0.3 is 16.4 Å². The fourth-order valence-corrected chi connectivity index (χ4v) is 2.72. The minimum atomic E-state index is -0.581. The van der Waals surface area contributed by atoms with Crippen LogP contribution in [0.25, 0.3) is 0 Å². The van der Waals surface area contributed by atoms with Gasteiger partial charge in [-0.2, -0.15) is 0 Å². The highest BCUT2D eigenvalue weighted by Crippen LogP contribution is 2.20. The SMILES string of the molecule is C[C@H]1C[C@@H](C(=O)Nc2nc(C(N)=O)cs2)CCN1.Cl. The van der Waals surface area contributed by atoms with Gasteiger partial charge >= 0.3 is 0 Å². The summed E-state index contributed by atoms with van der Waals surface area (Å²) in [4.78, 5) is 26.9. The van der Waals surface area contributed by atoms with E-state index in [0.717, 1.165) is 19.4 Å². The zero-order valence-electron chi connectivity index (χ0n) is 10.5. The lowest BCUT2D eigenvalue weighted by Crippen LogP contribution is -2.40. The molecule has 6 nitrogen and oxygen atoms in total. The normalized spacial score (nSPS) is 22.4. The smallest absolute Gasteiger partial charge is 0.268 e. The molecule has 1 aliphatic rings. The molecule has 2 rings (SSSR count).